The minimum Gasteiger partial charge on any atom is -0.374 e. The van der Waals surface area contributed by atoms with E-state index < -0.39 is 17.6 Å². The van der Waals surface area contributed by atoms with E-state index >= 15 is 0 Å². The van der Waals surface area contributed by atoms with E-state index in [2.05, 4.69) is 0 Å². The topological polar surface area (TPSA) is 89.0 Å². The number of rotatable bonds is 2. The van der Waals surface area contributed by atoms with Gasteiger partial charge >= 0.3 is 0 Å². The Hall–Kier alpha value is -0.240. The average molecular weight is 232 g/mol. The first-order chi connectivity index (χ1) is 7.42. The monoisotopic (exact) mass is 232 g/mol. The minimum atomic E-state index is -1.00. The fraction of sp³-hybridized carbons (Fsp3) is 1.00. The number of hydrogen-bond acceptors (Lipinski definition) is 6. The summed E-state index contributed by atoms with van der Waals surface area (Å²) in [5.74, 6) is -0.630. The smallest absolute Gasteiger partial charge is 0.164 e. The molecule has 0 amide bonds. The van der Waals surface area contributed by atoms with Crippen molar-refractivity contribution in [1.29, 1.82) is 0 Å². The highest BCUT2D eigenvalue weighted by Crippen LogP contribution is 2.37. The zero-order valence-electron chi connectivity index (χ0n) is 9.93. The first-order valence-corrected chi connectivity index (χ1v) is 5.43. The molecule has 6 nitrogen and oxygen atoms in total. The third-order valence-electron chi connectivity index (χ3n) is 3.09. The lowest BCUT2D eigenvalue weighted by Gasteiger charge is -2.43. The lowest BCUT2D eigenvalue weighted by molar-refractivity contribution is -0.213. The van der Waals surface area contributed by atoms with Crippen molar-refractivity contribution in [2.45, 2.75) is 43.7 Å². The molecule has 0 saturated carbocycles. The van der Waals surface area contributed by atoms with Gasteiger partial charge in [-0.3, -0.25) is 0 Å². The second-order valence-corrected chi connectivity index (χ2v) is 4.76. The van der Waals surface area contributed by atoms with Crippen LogP contribution in [-0.4, -0.2) is 50.1 Å². The average Bonchev–Trinajstić information content (AvgIpc) is 2.52. The largest absolute Gasteiger partial charge is 0.374 e. The highest BCUT2D eigenvalue weighted by atomic mass is 16.8. The van der Waals surface area contributed by atoms with Crippen molar-refractivity contribution in [3.8, 4) is 0 Å². The second-order valence-electron chi connectivity index (χ2n) is 4.76. The van der Waals surface area contributed by atoms with Gasteiger partial charge in [0.25, 0.3) is 0 Å². The number of nitrogens with two attached hydrogens (primary N) is 2. The quantitative estimate of drug-likeness (QED) is 0.645. The molecule has 2 aliphatic heterocycles. The van der Waals surface area contributed by atoms with Crippen molar-refractivity contribution in [3.05, 3.63) is 0 Å². The van der Waals surface area contributed by atoms with Gasteiger partial charge in [-0.25, -0.2) is 0 Å². The molecule has 94 valence electrons. The van der Waals surface area contributed by atoms with Crippen molar-refractivity contribution in [2.24, 2.45) is 11.5 Å². The highest BCUT2D eigenvalue weighted by molar-refractivity contribution is 5.01. The first kappa shape index (κ1) is 12.2. The zero-order chi connectivity index (χ0) is 12.0. The summed E-state index contributed by atoms with van der Waals surface area (Å²) in [5.41, 5.74) is 10.7. The van der Waals surface area contributed by atoms with Crippen LogP contribution in [0.15, 0.2) is 0 Å². The molecule has 0 bridgehead atoms. The summed E-state index contributed by atoms with van der Waals surface area (Å²) in [4.78, 5) is 0. The van der Waals surface area contributed by atoms with Crippen LogP contribution in [-0.2, 0) is 18.9 Å². The summed E-state index contributed by atoms with van der Waals surface area (Å²) in [7, 11) is 1.57. The van der Waals surface area contributed by atoms with Gasteiger partial charge in [0, 0.05) is 13.7 Å². The number of ether oxygens (including phenoxy) is 4. The Morgan fingerprint density at radius 1 is 1.38 bits per heavy atom. The Labute approximate surface area is 95.1 Å². The molecule has 2 saturated heterocycles. The molecular weight excluding hydrogens is 212 g/mol. The standard InChI is InChI=1S/C10H20N2O4/c1-9(2)15-6-4-14-10(12,5-11)8(13-3)7(6)16-9/h6-8H,4-5,11-12H2,1-3H3/t6-,7+,8?,10-/m1/s1. The van der Waals surface area contributed by atoms with Gasteiger partial charge in [-0.2, -0.15) is 0 Å². The van der Waals surface area contributed by atoms with Gasteiger partial charge in [-0.05, 0) is 13.8 Å². The molecule has 2 fully saturated rings. The van der Waals surface area contributed by atoms with Gasteiger partial charge in [0.1, 0.15) is 18.3 Å². The van der Waals surface area contributed by atoms with Gasteiger partial charge in [-0.1, -0.05) is 0 Å². The third kappa shape index (κ3) is 1.85. The van der Waals surface area contributed by atoms with E-state index in [1.807, 2.05) is 13.8 Å². The van der Waals surface area contributed by atoms with E-state index in [9.17, 15) is 0 Å². The Morgan fingerprint density at radius 3 is 2.62 bits per heavy atom. The minimum absolute atomic E-state index is 0.150. The molecule has 0 aliphatic carbocycles. The van der Waals surface area contributed by atoms with E-state index in [1.165, 1.54) is 0 Å². The maximum Gasteiger partial charge on any atom is 0.164 e. The van der Waals surface area contributed by atoms with Crippen molar-refractivity contribution in [3.63, 3.8) is 0 Å². The Bertz CT molecular complexity index is 274. The molecule has 2 heterocycles. The number of methoxy groups -OCH3 is 1. The van der Waals surface area contributed by atoms with E-state index in [-0.39, 0.29) is 18.8 Å². The van der Waals surface area contributed by atoms with Crippen LogP contribution in [0.1, 0.15) is 13.8 Å². The van der Waals surface area contributed by atoms with Crippen molar-refractivity contribution in [1.82, 2.24) is 0 Å². The molecule has 1 unspecified atom stereocenters. The Balaban J connectivity index is 2.20. The van der Waals surface area contributed by atoms with Crippen LogP contribution in [0.2, 0.25) is 0 Å². The molecule has 2 aliphatic rings. The van der Waals surface area contributed by atoms with Gasteiger partial charge in [0.15, 0.2) is 11.5 Å². The second kappa shape index (κ2) is 3.90. The Morgan fingerprint density at radius 2 is 2.06 bits per heavy atom. The van der Waals surface area contributed by atoms with Gasteiger partial charge in [0.05, 0.1) is 6.61 Å². The number of fused-ring (bicyclic) bond motifs is 1. The van der Waals surface area contributed by atoms with Crippen molar-refractivity contribution in [2.75, 3.05) is 20.3 Å². The van der Waals surface area contributed by atoms with Crippen molar-refractivity contribution >= 4 is 0 Å². The van der Waals surface area contributed by atoms with E-state index in [1.54, 1.807) is 7.11 Å². The SMILES string of the molecule is COC1[C@H]2OC(C)(C)O[C@@H]2CO[C@]1(N)CN. The molecule has 0 aromatic rings. The molecule has 0 aromatic carbocycles. The summed E-state index contributed by atoms with van der Waals surface area (Å²) in [6.45, 7) is 4.28. The maximum absolute atomic E-state index is 6.05. The summed E-state index contributed by atoms with van der Waals surface area (Å²) < 4.78 is 22.4. The van der Waals surface area contributed by atoms with Crippen LogP contribution in [0.4, 0.5) is 0 Å². The number of hydrogen-bond donors (Lipinski definition) is 2. The van der Waals surface area contributed by atoms with Crippen LogP contribution in [0.3, 0.4) is 0 Å². The lowest BCUT2D eigenvalue weighted by Crippen LogP contribution is -2.68. The lowest BCUT2D eigenvalue weighted by atomic mass is 9.95. The van der Waals surface area contributed by atoms with Gasteiger partial charge in [0.2, 0.25) is 0 Å². The molecular formula is C10H20N2O4. The molecule has 0 radical (unpaired) electrons. The Kier molecular flexibility index (Phi) is 2.98. The maximum atomic E-state index is 6.05. The van der Waals surface area contributed by atoms with E-state index in [4.69, 9.17) is 30.4 Å². The highest BCUT2D eigenvalue weighted by Gasteiger charge is 2.55. The normalized spacial score (nSPS) is 46.7. The first-order valence-electron chi connectivity index (χ1n) is 5.43. The predicted molar refractivity (Wildman–Crippen MR) is 56.5 cm³/mol. The predicted octanol–water partition coefficient (Wildman–Crippen LogP) is -0.835. The van der Waals surface area contributed by atoms with Gasteiger partial charge < -0.3 is 30.4 Å². The molecule has 16 heavy (non-hydrogen) atoms. The summed E-state index contributed by atoms with van der Waals surface area (Å²) in [6, 6.07) is 0. The molecule has 4 atom stereocenters. The molecule has 0 spiro atoms. The van der Waals surface area contributed by atoms with Crippen LogP contribution < -0.4 is 11.5 Å². The zero-order valence-corrected chi connectivity index (χ0v) is 9.93. The fourth-order valence-electron chi connectivity index (χ4n) is 2.35. The molecule has 6 heteroatoms. The third-order valence-corrected chi connectivity index (χ3v) is 3.09. The van der Waals surface area contributed by atoms with Crippen LogP contribution in [0.5, 0.6) is 0 Å². The molecule has 4 N–H and O–H groups in total. The fourth-order valence-corrected chi connectivity index (χ4v) is 2.35. The van der Waals surface area contributed by atoms with Crippen LogP contribution >= 0.6 is 0 Å². The summed E-state index contributed by atoms with van der Waals surface area (Å²) in [5, 5.41) is 0. The van der Waals surface area contributed by atoms with E-state index in [0.717, 1.165) is 0 Å². The van der Waals surface area contributed by atoms with Crippen LogP contribution in [0, 0.1) is 0 Å². The van der Waals surface area contributed by atoms with Gasteiger partial charge in [-0.15, -0.1) is 0 Å². The van der Waals surface area contributed by atoms with Crippen molar-refractivity contribution < 1.29 is 18.9 Å². The summed E-state index contributed by atoms with van der Waals surface area (Å²) >= 11 is 0. The molecule has 0 aromatic heterocycles. The van der Waals surface area contributed by atoms with Crippen LogP contribution in [0.25, 0.3) is 0 Å². The molecule has 2 rings (SSSR count). The van der Waals surface area contributed by atoms with E-state index in [0.29, 0.717) is 6.61 Å². The summed E-state index contributed by atoms with van der Waals surface area (Å²) in [6.07, 6.45) is -0.802.